The molecule has 2 rings (SSSR count). The largest absolute Gasteiger partial charge is 0.357 e. The fourth-order valence-electron chi connectivity index (χ4n) is 1.95. The van der Waals surface area contributed by atoms with Crippen molar-refractivity contribution in [3.8, 4) is 11.4 Å². The maximum atomic E-state index is 5.88. The Bertz CT molecular complexity index is 644. The Morgan fingerprint density at radius 1 is 1.29 bits per heavy atom. The van der Waals surface area contributed by atoms with Gasteiger partial charge in [-0.3, -0.25) is 4.99 Å². The highest BCUT2D eigenvalue weighted by Crippen LogP contribution is 2.18. The number of benzene rings is 1. The van der Waals surface area contributed by atoms with E-state index in [1.54, 1.807) is 11.8 Å². The summed E-state index contributed by atoms with van der Waals surface area (Å²) in [6.07, 6.45) is 2.71. The van der Waals surface area contributed by atoms with Crippen LogP contribution in [0.1, 0.15) is 12.8 Å². The molecule has 0 fully saturated rings. The van der Waals surface area contributed by atoms with Crippen LogP contribution in [0.25, 0.3) is 11.4 Å². The smallest absolute Gasteiger partial charge is 0.228 e. The summed E-state index contributed by atoms with van der Waals surface area (Å²) in [5.74, 6) is 2.98. The van der Waals surface area contributed by atoms with E-state index in [1.165, 1.54) is 0 Å². The first-order chi connectivity index (χ1) is 11.7. The average molecular weight is 368 g/mol. The molecule has 130 valence electrons. The molecule has 0 aliphatic heterocycles. The molecule has 2 aromatic rings. The van der Waals surface area contributed by atoms with Crippen molar-refractivity contribution in [2.45, 2.75) is 13.3 Å². The number of aromatic nitrogens is 2. The van der Waals surface area contributed by atoms with Gasteiger partial charge in [0.15, 0.2) is 5.96 Å². The summed E-state index contributed by atoms with van der Waals surface area (Å²) in [7, 11) is 0. The number of hydrogen-bond acceptors (Lipinski definition) is 5. The lowest BCUT2D eigenvalue weighted by Gasteiger charge is -2.09. The van der Waals surface area contributed by atoms with E-state index in [9.17, 15) is 0 Å². The molecule has 0 amide bonds. The zero-order valence-electron chi connectivity index (χ0n) is 13.9. The summed E-state index contributed by atoms with van der Waals surface area (Å²) >= 11 is 7.66. The van der Waals surface area contributed by atoms with Crippen molar-refractivity contribution in [2.75, 3.05) is 31.6 Å². The van der Waals surface area contributed by atoms with Gasteiger partial charge in [0.25, 0.3) is 0 Å². The van der Waals surface area contributed by atoms with Crippen LogP contribution in [0.2, 0.25) is 5.02 Å². The van der Waals surface area contributed by atoms with Gasteiger partial charge in [-0.25, -0.2) is 0 Å². The summed E-state index contributed by atoms with van der Waals surface area (Å²) in [5, 5.41) is 11.2. The molecule has 8 heteroatoms. The Morgan fingerprint density at radius 3 is 2.79 bits per heavy atom. The Hall–Kier alpha value is -1.73. The quantitative estimate of drug-likeness (QED) is 0.424. The molecule has 2 N–H and O–H groups in total. The zero-order chi connectivity index (χ0) is 17.2. The van der Waals surface area contributed by atoms with Crippen LogP contribution in [0, 0.1) is 0 Å². The number of nitrogens with one attached hydrogen (secondary N) is 2. The highest BCUT2D eigenvalue weighted by molar-refractivity contribution is 7.98. The van der Waals surface area contributed by atoms with Crippen molar-refractivity contribution in [3.63, 3.8) is 0 Å². The zero-order valence-corrected chi connectivity index (χ0v) is 15.5. The van der Waals surface area contributed by atoms with Crippen LogP contribution in [-0.2, 0) is 6.42 Å². The van der Waals surface area contributed by atoms with Crippen molar-refractivity contribution in [3.05, 3.63) is 35.2 Å². The minimum Gasteiger partial charge on any atom is -0.357 e. The minimum absolute atomic E-state index is 0.571. The van der Waals surface area contributed by atoms with Gasteiger partial charge in [-0.1, -0.05) is 16.8 Å². The molecule has 0 aliphatic carbocycles. The third kappa shape index (κ3) is 6.05. The lowest BCUT2D eigenvalue weighted by atomic mass is 10.2. The molecule has 6 nitrogen and oxygen atoms in total. The van der Waals surface area contributed by atoms with Crippen LogP contribution in [-0.4, -0.2) is 47.7 Å². The molecule has 0 aliphatic rings. The van der Waals surface area contributed by atoms with Gasteiger partial charge >= 0.3 is 0 Å². The topological polar surface area (TPSA) is 75.3 Å². The van der Waals surface area contributed by atoms with E-state index in [4.69, 9.17) is 16.1 Å². The fraction of sp³-hybridized carbons (Fsp3) is 0.438. The van der Waals surface area contributed by atoms with Gasteiger partial charge in [0.2, 0.25) is 11.7 Å². The summed E-state index contributed by atoms with van der Waals surface area (Å²) in [6, 6.07) is 7.36. The number of hydrogen-bond donors (Lipinski definition) is 2. The molecule has 24 heavy (non-hydrogen) atoms. The number of thioether (sulfide) groups is 1. The second-order valence-electron chi connectivity index (χ2n) is 4.95. The summed E-state index contributed by atoms with van der Waals surface area (Å²) < 4.78 is 5.29. The van der Waals surface area contributed by atoms with Gasteiger partial charge in [-0.2, -0.15) is 16.7 Å². The maximum absolute atomic E-state index is 5.88. The van der Waals surface area contributed by atoms with Crippen molar-refractivity contribution >= 4 is 29.3 Å². The van der Waals surface area contributed by atoms with E-state index in [2.05, 4.69) is 32.0 Å². The summed E-state index contributed by atoms with van der Waals surface area (Å²) in [5.41, 5.74) is 0.884. The van der Waals surface area contributed by atoms with Crippen LogP contribution >= 0.6 is 23.4 Å². The van der Waals surface area contributed by atoms with E-state index < -0.39 is 0 Å². The van der Waals surface area contributed by atoms with Crippen LogP contribution in [0.15, 0.2) is 33.8 Å². The molecule has 1 aromatic carbocycles. The van der Waals surface area contributed by atoms with Gasteiger partial charge in [0.05, 0.1) is 6.54 Å². The first-order valence-corrected chi connectivity index (χ1v) is 9.59. The number of rotatable bonds is 8. The van der Waals surface area contributed by atoms with Gasteiger partial charge < -0.3 is 15.2 Å². The number of aliphatic imine (C=N–C) groups is 1. The van der Waals surface area contributed by atoms with E-state index in [0.717, 1.165) is 30.4 Å². The van der Waals surface area contributed by atoms with Crippen LogP contribution in [0.4, 0.5) is 0 Å². The van der Waals surface area contributed by atoms with E-state index in [0.29, 0.717) is 29.7 Å². The molecular formula is C16H22ClN5OS. The molecule has 0 radical (unpaired) electrons. The molecule has 0 atom stereocenters. The molecule has 0 saturated heterocycles. The Labute approximate surface area is 151 Å². The second kappa shape index (κ2) is 10.2. The first kappa shape index (κ1) is 18.6. The Balaban J connectivity index is 1.85. The summed E-state index contributed by atoms with van der Waals surface area (Å²) in [6.45, 7) is 4.33. The van der Waals surface area contributed by atoms with Crippen LogP contribution in [0.3, 0.4) is 0 Å². The first-order valence-electron chi connectivity index (χ1n) is 7.82. The monoisotopic (exact) mass is 367 g/mol. The van der Waals surface area contributed by atoms with E-state index >= 15 is 0 Å². The molecule has 1 heterocycles. The highest BCUT2D eigenvalue weighted by Gasteiger charge is 2.08. The van der Waals surface area contributed by atoms with Crippen molar-refractivity contribution < 1.29 is 4.52 Å². The number of guanidine groups is 1. The lowest BCUT2D eigenvalue weighted by Crippen LogP contribution is -2.38. The van der Waals surface area contributed by atoms with Gasteiger partial charge in [0.1, 0.15) is 0 Å². The molecule has 0 saturated carbocycles. The van der Waals surface area contributed by atoms with E-state index in [-0.39, 0.29) is 0 Å². The highest BCUT2D eigenvalue weighted by atomic mass is 35.5. The van der Waals surface area contributed by atoms with Crippen molar-refractivity contribution in [2.24, 2.45) is 4.99 Å². The second-order valence-corrected chi connectivity index (χ2v) is 6.37. The van der Waals surface area contributed by atoms with Gasteiger partial charge in [-0.05, 0) is 37.4 Å². The number of nitrogens with zero attached hydrogens (tertiary/aromatic N) is 3. The fourth-order valence-corrected chi connectivity index (χ4v) is 2.35. The Morgan fingerprint density at radius 2 is 2.08 bits per heavy atom. The molecule has 0 bridgehead atoms. The molecule has 0 spiro atoms. The maximum Gasteiger partial charge on any atom is 0.228 e. The molecule has 0 unspecified atom stereocenters. The van der Waals surface area contributed by atoms with Gasteiger partial charge in [-0.15, -0.1) is 0 Å². The van der Waals surface area contributed by atoms with Crippen molar-refractivity contribution in [1.82, 2.24) is 20.8 Å². The normalized spacial score (nSPS) is 11.5. The predicted molar refractivity (Wildman–Crippen MR) is 101 cm³/mol. The third-order valence-corrected chi connectivity index (χ3v) is 3.95. The molecule has 1 aromatic heterocycles. The predicted octanol–water partition coefficient (Wildman–Crippen LogP) is 2.85. The Kier molecular flexibility index (Phi) is 7.91. The minimum atomic E-state index is 0.571. The summed E-state index contributed by atoms with van der Waals surface area (Å²) in [4.78, 5) is 8.89. The third-order valence-electron chi connectivity index (χ3n) is 3.11. The molecular weight excluding hydrogens is 346 g/mol. The van der Waals surface area contributed by atoms with Crippen LogP contribution < -0.4 is 10.6 Å². The van der Waals surface area contributed by atoms with Gasteiger partial charge in [0, 0.05) is 35.8 Å². The lowest BCUT2D eigenvalue weighted by molar-refractivity contribution is 0.378. The number of halogens is 1. The average Bonchev–Trinajstić information content (AvgIpc) is 3.04. The van der Waals surface area contributed by atoms with Crippen molar-refractivity contribution in [1.29, 1.82) is 0 Å². The van der Waals surface area contributed by atoms with E-state index in [1.807, 2.05) is 31.2 Å². The van der Waals surface area contributed by atoms with Crippen LogP contribution in [0.5, 0.6) is 0 Å². The SMILES string of the molecule is CCNC(=NCCSC)NCCc1nc(-c2ccc(Cl)cc2)no1. The standard InChI is InChI=1S/C16H22ClN5OS/c1-3-18-16(20-10-11-24-2)19-9-8-14-21-15(22-23-14)12-4-6-13(17)7-5-12/h4-7H,3,8-11H2,1-2H3,(H2,18,19,20).